The number of pyridine rings is 1. The molecule has 0 aliphatic heterocycles. The molecule has 25 heavy (non-hydrogen) atoms. The average molecular weight is 357 g/mol. The Morgan fingerprint density at radius 2 is 1.76 bits per heavy atom. The van der Waals surface area contributed by atoms with E-state index in [0.29, 0.717) is 11.1 Å². The van der Waals surface area contributed by atoms with E-state index >= 15 is 0 Å². The summed E-state index contributed by atoms with van der Waals surface area (Å²) >= 11 is 0. The van der Waals surface area contributed by atoms with Crippen molar-refractivity contribution >= 4 is 32.1 Å². The molecule has 0 saturated carbocycles. The summed E-state index contributed by atoms with van der Waals surface area (Å²) < 4.78 is 26.4. The zero-order chi connectivity index (χ0) is 18.4. The van der Waals surface area contributed by atoms with Crippen LogP contribution in [0.3, 0.4) is 0 Å². The van der Waals surface area contributed by atoms with Gasteiger partial charge in [0.2, 0.25) is 9.84 Å². The fourth-order valence-corrected chi connectivity index (χ4v) is 4.89. The van der Waals surface area contributed by atoms with E-state index in [1.54, 1.807) is 32.0 Å². The van der Waals surface area contributed by atoms with Crippen molar-refractivity contribution < 1.29 is 13.3 Å². The molecule has 0 amide bonds. The summed E-state index contributed by atoms with van der Waals surface area (Å²) in [7, 11) is -4.14. The molecule has 0 radical (unpaired) electrons. The van der Waals surface area contributed by atoms with E-state index in [-0.39, 0.29) is 21.5 Å². The normalized spacial score (nSPS) is 11.6. The number of anilines is 1. The number of nitrogens with zero attached hydrogens (tertiary/aromatic N) is 2. The van der Waals surface area contributed by atoms with Crippen LogP contribution >= 0.6 is 0 Å². The Bertz CT molecular complexity index is 1100. The molecule has 1 aromatic heterocycles. The largest absolute Gasteiger partial charge is 0.397 e. The van der Waals surface area contributed by atoms with Gasteiger partial charge in [-0.15, -0.1) is 0 Å². The van der Waals surface area contributed by atoms with Crippen molar-refractivity contribution in [3.05, 3.63) is 63.8 Å². The quantitative estimate of drug-likeness (QED) is 0.437. The number of nitrogen functional groups attached to an aromatic ring is 1. The minimum Gasteiger partial charge on any atom is -0.397 e. The number of rotatable bonds is 3. The highest BCUT2D eigenvalue weighted by atomic mass is 32.2. The number of nitrogens with two attached hydrogens (primary N) is 1. The molecule has 0 fully saturated rings. The third kappa shape index (κ3) is 2.60. The van der Waals surface area contributed by atoms with Crippen LogP contribution in [0.2, 0.25) is 0 Å². The third-order valence-corrected chi connectivity index (χ3v) is 6.08. The van der Waals surface area contributed by atoms with Crippen LogP contribution in [0.1, 0.15) is 11.1 Å². The van der Waals surface area contributed by atoms with Crippen LogP contribution in [-0.4, -0.2) is 18.3 Å². The van der Waals surface area contributed by atoms with Gasteiger partial charge in [0.1, 0.15) is 5.52 Å². The van der Waals surface area contributed by atoms with E-state index < -0.39 is 25.3 Å². The molecule has 3 aromatic rings. The molecule has 2 N–H and O–H groups in total. The van der Waals surface area contributed by atoms with Gasteiger partial charge in [0.15, 0.2) is 4.90 Å². The fourth-order valence-electron chi connectivity index (χ4n) is 2.96. The number of sulfone groups is 1. The van der Waals surface area contributed by atoms with Crippen molar-refractivity contribution in [2.24, 2.45) is 0 Å². The number of aryl methyl sites for hydroxylation is 2. The maximum Gasteiger partial charge on any atom is 0.297 e. The van der Waals surface area contributed by atoms with E-state index in [0.717, 1.165) is 6.07 Å². The predicted molar refractivity (Wildman–Crippen MR) is 94.2 cm³/mol. The number of nitro benzene ring substituents is 1. The summed E-state index contributed by atoms with van der Waals surface area (Å²) in [5.74, 6) is 0. The summed E-state index contributed by atoms with van der Waals surface area (Å²) in [6, 6.07) is 9.10. The van der Waals surface area contributed by atoms with Crippen molar-refractivity contribution in [3.63, 3.8) is 0 Å². The first-order valence-electron chi connectivity index (χ1n) is 7.38. The molecule has 0 saturated heterocycles. The third-order valence-electron chi connectivity index (χ3n) is 4.01. The second kappa shape index (κ2) is 5.82. The predicted octanol–water partition coefficient (Wildman–Crippen LogP) is 3.17. The second-order valence-electron chi connectivity index (χ2n) is 5.69. The standard InChI is InChI=1S/C17H15N3O4S/c1-10-5-3-6-11(2)17(10)25(23,24)14-9-13(18)15-12(7-4-8-19-15)16(14)20(21)22/h3-9H,18H2,1-2H3. The molecule has 7 nitrogen and oxygen atoms in total. The van der Waals surface area contributed by atoms with E-state index in [1.807, 2.05) is 0 Å². The SMILES string of the molecule is Cc1cccc(C)c1S(=O)(=O)c1cc(N)c2ncccc2c1[N+](=O)[O-]. The van der Waals surface area contributed by atoms with Gasteiger partial charge in [-0.05, 0) is 43.2 Å². The molecular weight excluding hydrogens is 342 g/mol. The maximum absolute atomic E-state index is 13.2. The van der Waals surface area contributed by atoms with Gasteiger partial charge in [0.25, 0.3) is 5.69 Å². The van der Waals surface area contributed by atoms with E-state index in [9.17, 15) is 18.5 Å². The number of hydrogen-bond acceptors (Lipinski definition) is 6. The van der Waals surface area contributed by atoms with Crippen molar-refractivity contribution in [1.29, 1.82) is 0 Å². The fraction of sp³-hybridized carbons (Fsp3) is 0.118. The molecule has 0 bridgehead atoms. The summed E-state index contributed by atoms with van der Waals surface area (Å²) in [5, 5.41) is 11.8. The molecule has 2 aromatic carbocycles. The molecule has 0 aliphatic carbocycles. The Kier molecular flexibility index (Phi) is 3.92. The van der Waals surface area contributed by atoms with Gasteiger partial charge in [0, 0.05) is 6.20 Å². The van der Waals surface area contributed by atoms with Crippen LogP contribution in [0.15, 0.2) is 52.4 Å². The highest BCUT2D eigenvalue weighted by Crippen LogP contribution is 2.39. The topological polar surface area (TPSA) is 116 Å². The Hall–Kier alpha value is -3.00. The molecule has 0 unspecified atom stereocenters. The van der Waals surface area contributed by atoms with Crippen molar-refractivity contribution in [2.75, 3.05) is 5.73 Å². The van der Waals surface area contributed by atoms with E-state index in [1.165, 1.54) is 18.3 Å². The molecule has 1 heterocycles. The molecular formula is C17H15N3O4S. The molecule has 3 rings (SSSR count). The molecule has 0 aliphatic rings. The monoisotopic (exact) mass is 357 g/mol. The van der Waals surface area contributed by atoms with Gasteiger partial charge in [-0.2, -0.15) is 0 Å². The summed E-state index contributed by atoms with van der Waals surface area (Å²) in [6.07, 6.45) is 1.45. The maximum atomic E-state index is 13.2. The first-order chi connectivity index (χ1) is 11.7. The van der Waals surface area contributed by atoms with E-state index in [2.05, 4.69) is 4.98 Å². The summed E-state index contributed by atoms with van der Waals surface area (Å²) in [6.45, 7) is 3.30. The van der Waals surface area contributed by atoms with Crippen molar-refractivity contribution in [2.45, 2.75) is 23.6 Å². The van der Waals surface area contributed by atoms with Gasteiger partial charge in [0.05, 0.1) is 20.9 Å². The molecule has 0 atom stereocenters. The first kappa shape index (κ1) is 16.8. The van der Waals surface area contributed by atoms with E-state index in [4.69, 9.17) is 5.73 Å². The number of hydrogen-bond donors (Lipinski definition) is 1. The van der Waals surface area contributed by atoms with Crippen LogP contribution < -0.4 is 5.73 Å². The number of aromatic nitrogens is 1. The van der Waals surface area contributed by atoms with Gasteiger partial charge >= 0.3 is 0 Å². The van der Waals surface area contributed by atoms with Gasteiger partial charge in [-0.25, -0.2) is 8.42 Å². The Balaban J connectivity index is 2.47. The zero-order valence-corrected chi connectivity index (χ0v) is 14.4. The average Bonchev–Trinajstić information content (AvgIpc) is 2.54. The van der Waals surface area contributed by atoms with Crippen LogP contribution in [0.5, 0.6) is 0 Å². The molecule has 128 valence electrons. The lowest BCUT2D eigenvalue weighted by Crippen LogP contribution is -2.10. The van der Waals surface area contributed by atoms with Gasteiger partial charge < -0.3 is 5.73 Å². The minimum absolute atomic E-state index is 0.0562. The number of fused-ring (bicyclic) bond motifs is 1. The highest BCUT2D eigenvalue weighted by molar-refractivity contribution is 7.91. The Labute approximate surface area is 144 Å². The summed E-state index contributed by atoms with van der Waals surface area (Å²) in [4.78, 5) is 14.6. The Morgan fingerprint density at radius 1 is 1.12 bits per heavy atom. The molecule has 8 heteroatoms. The minimum atomic E-state index is -4.14. The van der Waals surface area contributed by atoms with Crippen LogP contribution in [0.25, 0.3) is 10.9 Å². The zero-order valence-electron chi connectivity index (χ0n) is 13.6. The molecule has 0 spiro atoms. The second-order valence-corrected chi connectivity index (χ2v) is 7.55. The van der Waals surface area contributed by atoms with Crippen molar-refractivity contribution in [3.8, 4) is 0 Å². The summed E-state index contributed by atoms with van der Waals surface area (Å²) in [5.41, 5.74) is 6.72. The lowest BCUT2D eigenvalue weighted by molar-refractivity contribution is -0.386. The van der Waals surface area contributed by atoms with Crippen LogP contribution in [-0.2, 0) is 9.84 Å². The first-order valence-corrected chi connectivity index (χ1v) is 8.86. The van der Waals surface area contributed by atoms with Crippen LogP contribution in [0.4, 0.5) is 11.4 Å². The number of nitro groups is 1. The highest BCUT2D eigenvalue weighted by Gasteiger charge is 2.33. The lowest BCUT2D eigenvalue weighted by atomic mass is 10.1. The van der Waals surface area contributed by atoms with Gasteiger partial charge in [-0.1, -0.05) is 18.2 Å². The lowest BCUT2D eigenvalue weighted by Gasteiger charge is -2.13. The number of benzene rings is 2. The Morgan fingerprint density at radius 3 is 2.36 bits per heavy atom. The van der Waals surface area contributed by atoms with Crippen molar-refractivity contribution in [1.82, 2.24) is 4.98 Å². The van der Waals surface area contributed by atoms with Gasteiger partial charge in [-0.3, -0.25) is 15.1 Å². The van der Waals surface area contributed by atoms with Crippen LogP contribution in [0, 0.1) is 24.0 Å². The smallest absolute Gasteiger partial charge is 0.297 e.